The molecule has 2 heterocycles. The number of carbonyl (C=O) groups is 1. The van der Waals surface area contributed by atoms with Gasteiger partial charge >= 0.3 is 11.9 Å². The molecule has 1 fully saturated rings. The van der Waals surface area contributed by atoms with Crippen LogP contribution in [0, 0.1) is 0 Å². The highest BCUT2D eigenvalue weighted by Gasteiger charge is 2.39. The van der Waals surface area contributed by atoms with Crippen LogP contribution in [0.25, 0.3) is 0 Å². The van der Waals surface area contributed by atoms with Gasteiger partial charge in [0.05, 0.1) is 19.2 Å². The molecule has 1 N–H and O–H groups in total. The summed E-state index contributed by atoms with van der Waals surface area (Å²) in [5.41, 5.74) is -0.132. The Labute approximate surface area is 171 Å². The topological polar surface area (TPSA) is 81.4 Å². The largest absolute Gasteiger partial charge is 0.494 e. The van der Waals surface area contributed by atoms with Crippen molar-refractivity contribution in [1.82, 2.24) is 19.2 Å². The monoisotopic (exact) mass is 427 g/mol. The van der Waals surface area contributed by atoms with Gasteiger partial charge in [-0.25, -0.2) is 9.48 Å². The number of likely N-dealkylation sites (tertiary alicyclic amines) is 1. The summed E-state index contributed by atoms with van der Waals surface area (Å²) in [4.78, 5) is 26.3. The summed E-state index contributed by atoms with van der Waals surface area (Å²) in [5, 5.41) is 6.31. The van der Waals surface area contributed by atoms with E-state index in [0.717, 1.165) is 17.5 Å². The summed E-state index contributed by atoms with van der Waals surface area (Å²) >= 11 is 0. The van der Waals surface area contributed by atoms with Crippen LogP contribution in [0.4, 0.5) is 18.9 Å². The zero-order valence-corrected chi connectivity index (χ0v) is 16.8. The van der Waals surface area contributed by atoms with E-state index in [-0.39, 0.29) is 12.5 Å². The Hall–Kier alpha value is -2.82. The number of anilines is 1. The van der Waals surface area contributed by atoms with Crippen molar-refractivity contribution in [1.29, 1.82) is 0 Å². The SMILES string of the molecule is CCOc1ccc(NC(=O)CN2CCC(n3nc(C(F)(F)F)n(C)c3=O)CC2)cc1. The molecule has 1 aromatic carbocycles. The maximum absolute atomic E-state index is 13.0. The Morgan fingerprint density at radius 2 is 1.87 bits per heavy atom. The molecule has 1 aliphatic rings. The fourth-order valence-electron chi connectivity index (χ4n) is 3.47. The van der Waals surface area contributed by atoms with Crippen LogP contribution >= 0.6 is 0 Å². The predicted octanol–water partition coefficient (Wildman–Crippen LogP) is 2.27. The summed E-state index contributed by atoms with van der Waals surface area (Å²) in [7, 11) is 1.06. The number of rotatable bonds is 6. The number of aromatic nitrogens is 3. The molecule has 0 atom stereocenters. The van der Waals surface area contributed by atoms with Gasteiger partial charge in [-0.15, -0.1) is 5.10 Å². The second-order valence-corrected chi connectivity index (χ2v) is 7.12. The molecule has 1 amide bonds. The van der Waals surface area contributed by atoms with E-state index in [0.29, 0.717) is 42.8 Å². The number of nitrogens with zero attached hydrogens (tertiary/aromatic N) is 4. The van der Waals surface area contributed by atoms with Crippen molar-refractivity contribution in [3.8, 4) is 5.75 Å². The molecule has 0 unspecified atom stereocenters. The van der Waals surface area contributed by atoms with Crippen LogP contribution in [0.1, 0.15) is 31.6 Å². The molecule has 3 rings (SSSR count). The van der Waals surface area contributed by atoms with E-state index in [1.807, 2.05) is 11.8 Å². The first-order chi connectivity index (χ1) is 14.2. The number of halogens is 3. The van der Waals surface area contributed by atoms with Gasteiger partial charge in [0.25, 0.3) is 0 Å². The average Bonchev–Trinajstić information content (AvgIpc) is 2.99. The lowest BCUT2D eigenvalue weighted by molar-refractivity contribution is -0.147. The van der Waals surface area contributed by atoms with Gasteiger partial charge in [0.15, 0.2) is 0 Å². The highest BCUT2D eigenvalue weighted by Crippen LogP contribution is 2.28. The summed E-state index contributed by atoms with van der Waals surface area (Å²) in [6.07, 6.45) is -3.81. The molecular weight excluding hydrogens is 403 g/mol. The minimum atomic E-state index is -4.68. The molecule has 11 heteroatoms. The number of benzene rings is 1. The van der Waals surface area contributed by atoms with Crippen molar-refractivity contribution in [2.24, 2.45) is 7.05 Å². The van der Waals surface area contributed by atoms with Crippen LogP contribution in [-0.2, 0) is 18.0 Å². The molecule has 0 spiro atoms. The Bertz CT molecular complexity index is 928. The smallest absolute Gasteiger partial charge is 0.451 e. The average molecular weight is 427 g/mol. The molecule has 1 saturated heterocycles. The molecular formula is C19H24F3N5O3. The zero-order valence-electron chi connectivity index (χ0n) is 16.8. The van der Waals surface area contributed by atoms with Crippen molar-refractivity contribution < 1.29 is 22.7 Å². The van der Waals surface area contributed by atoms with Gasteiger partial charge in [-0.05, 0) is 44.0 Å². The van der Waals surface area contributed by atoms with Gasteiger partial charge in [-0.2, -0.15) is 13.2 Å². The van der Waals surface area contributed by atoms with E-state index < -0.39 is 23.7 Å². The number of hydrogen-bond donors (Lipinski definition) is 1. The number of carbonyl (C=O) groups excluding carboxylic acids is 1. The summed E-state index contributed by atoms with van der Waals surface area (Å²) < 4.78 is 45.7. The third kappa shape index (κ3) is 5.02. The summed E-state index contributed by atoms with van der Waals surface area (Å²) in [6.45, 7) is 3.56. The quantitative estimate of drug-likeness (QED) is 0.765. The molecule has 164 valence electrons. The van der Waals surface area contributed by atoms with E-state index >= 15 is 0 Å². The first kappa shape index (κ1) is 21.9. The predicted molar refractivity (Wildman–Crippen MR) is 103 cm³/mol. The van der Waals surface area contributed by atoms with Crippen LogP contribution in [0.3, 0.4) is 0 Å². The van der Waals surface area contributed by atoms with Crippen molar-refractivity contribution in [3.63, 3.8) is 0 Å². The van der Waals surface area contributed by atoms with E-state index in [1.165, 1.54) is 0 Å². The minimum absolute atomic E-state index is 0.158. The lowest BCUT2D eigenvalue weighted by atomic mass is 10.1. The second kappa shape index (κ2) is 8.90. The van der Waals surface area contributed by atoms with E-state index in [2.05, 4.69) is 10.4 Å². The Morgan fingerprint density at radius 3 is 2.40 bits per heavy atom. The normalized spacial score (nSPS) is 15.9. The Balaban J connectivity index is 1.53. The lowest BCUT2D eigenvalue weighted by Gasteiger charge is -2.30. The number of nitrogens with one attached hydrogen (secondary N) is 1. The third-order valence-electron chi connectivity index (χ3n) is 4.98. The molecule has 0 saturated carbocycles. The van der Waals surface area contributed by atoms with Crippen molar-refractivity contribution in [2.75, 3.05) is 31.6 Å². The molecule has 1 aliphatic heterocycles. The van der Waals surface area contributed by atoms with Gasteiger partial charge in [0.1, 0.15) is 5.75 Å². The first-order valence-corrected chi connectivity index (χ1v) is 9.67. The lowest BCUT2D eigenvalue weighted by Crippen LogP contribution is -2.41. The number of amides is 1. The van der Waals surface area contributed by atoms with Crippen LogP contribution in [0.5, 0.6) is 5.75 Å². The van der Waals surface area contributed by atoms with Gasteiger partial charge in [0.2, 0.25) is 11.7 Å². The molecule has 0 radical (unpaired) electrons. The van der Waals surface area contributed by atoms with E-state index in [9.17, 15) is 22.8 Å². The fourth-order valence-corrected chi connectivity index (χ4v) is 3.47. The van der Waals surface area contributed by atoms with Crippen molar-refractivity contribution >= 4 is 11.6 Å². The van der Waals surface area contributed by atoms with Gasteiger partial charge in [0, 0.05) is 25.8 Å². The maximum Gasteiger partial charge on any atom is 0.451 e. The number of ether oxygens (including phenoxy) is 1. The van der Waals surface area contributed by atoms with Gasteiger partial charge in [-0.1, -0.05) is 0 Å². The van der Waals surface area contributed by atoms with Crippen LogP contribution < -0.4 is 15.7 Å². The Morgan fingerprint density at radius 1 is 1.23 bits per heavy atom. The van der Waals surface area contributed by atoms with Gasteiger partial charge < -0.3 is 10.1 Å². The van der Waals surface area contributed by atoms with Crippen molar-refractivity contribution in [3.05, 3.63) is 40.6 Å². The number of piperidine rings is 1. The number of alkyl halides is 3. The van der Waals surface area contributed by atoms with Gasteiger partial charge in [-0.3, -0.25) is 14.3 Å². The van der Waals surface area contributed by atoms with Crippen LogP contribution in [-0.4, -0.2) is 51.4 Å². The first-order valence-electron chi connectivity index (χ1n) is 9.67. The third-order valence-corrected chi connectivity index (χ3v) is 4.98. The van der Waals surface area contributed by atoms with Crippen LogP contribution in [0.2, 0.25) is 0 Å². The zero-order chi connectivity index (χ0) is 21.9. The maximum atomic E-state index is 13.0. The number of hydrogen-bond acceptors (Lipinski definition) is 5. The van der Waals surface area contributed by atoms with E-state index in [4.69, 9.17) is 4.74 Å². The van der Waals surface area contributed by atoms with Crippen molar-refractivity contribution in [2.45, 2.75) is 32.0 Å². The minimum Gasteiger partial charge on any atom is -0.494 e. The van der Waals surface area contributed by atoms with Crippen LogP contribution in [0.15, 0.2) is 29.1 Å². The standard InChI is InChI=1S/C19H24F3N5O3/c1-3-30-15-6-4-13(5-7-15)23-16(28)12-26-10-8-14(9-11-26)27-18(29)25(2)17(24-27)19(20,21)22/h4-7,14H,3,8-12H2,1-2H3,(H,23,28). The Kier molecular flexibility index (Phi) is 6.49. The molecule has 0 aliphatic carbocycles. The molecule has 2 aromatic rings. The second-order valence-electron chi connectivity index (χ2n) is 7.12. The fraction of sp³-hybridized carbons (Fsp3) is 0.526. The summed E-state index contributed by atoms with van der Waals surface area (Å²) in [5.74, 6) is -0.673. The highest BCUT2D eigenvalue weighted by molar-refractivity contribution is 5.92. The molecule has 1 aromatic heterocycles. The highest BCUT2D eigenvalue weighted by atomic mass is 19.4. The van der Waals surface area contributed by atoms with E-state index in [1.54, 1.807) is 24.3 Å². The summed E-state index contributed by atoms with van der Waals surface area (Å²) in [6, 6.07) is 6.61. The molecule has 8 nitrogen and oxygen atoms in total. The molecule has 30 heavy (non-hydrogen) atoms. The molecule has 0 bridgehead atoms.